The van der Waals surface area contributed by atoms with Crippen molar-refractivity contribution in [3.8, 4) is 0 Å². The average Bonchev–Trinajstić information content (AvgIpc) is 2.55. The molecule has 1 aliphatic heterocycles. The van der Waals surface area contributed by atoms with Crippen molar-refractivity contribution >= 4 is 18.3 Å². The Balaban J connectivity index is 0.00000288. The largest absolute Gasteiger partial charge is 0.379 e. The molecule has 1 saturated heterocycles. The number of carbonyl (C=O) groups excluding carboxylic acids is 1. The van der Waals surface area contributed by atoms with E-state index < -0.39 is 0 Å². The minimum Gasteiger partial charge on any atom is -0.379 e. The Hall–Kier alpha value is -1.10. The molecule has 1 heterocycles. The number of benzene rings is 1. The lowest BCUT2D eigenvalue weighted by atomic mass is 9.90. The van der Waals surface area contributed by atoms with E-state index in [0.717, 1.165) is 44.8 Å². The summed E-state index contributed by atoms with van der Waals surface area (Å²) in [6, 6.07) is 8.32. The zero-order valence-electron chi connectivity index (χ0n) is 15.1. The van der Waals surface area contributed by atoms with Gasteiger partial charge in [-0.1, -0.05) is 38.1 Å². The van der Waals surface area contributed by atoms with Crippen LogP contribution in [0.1, 0.15) is 37.8 Å². The van der Waals surface area contributed by atoms with Gasteiger partial charge in [-0.25, -0.2) is 0 Å². The van der Waals surface area contributed by atoms with Crippen molar-refractivity contribution in [1.82, 2.24) is 10.2 Å². The summed E-state index contributed by atoms with van der Waals surface area (Å²) in [6.45, 7) is 11.5. The van der Waals surface area contributed by atoms with Crippen molar-refractivity contribution < 1.29 is 9.53 Å². The Kier molecular flexibility index (Phi) is 9.34. The molecule has 0 bridgehead atoms. The molecule has 1 fully saturated rings. The molecular weight excluding hydrogens is 324 g/mol. The van der Waals surface area contributed by atoms with Crippen molar-refractivity contribution in [2.24, 2.45) is 5.92 Å². The van der Waals surface area contributed by atoms with Crippen LogP contribution < -0.4 is 5.32 Å². The average molecular weight is 355 g/mol. The first kappa shape index (κ1) is 20.9. The lowest BCUT2D eigenvalue weighted by molar-refractivity contribution is -0.122. The number of hydrogen-bond donors (Lipinski definition) is 1. The SMILES string of the molecule is CC(C)Cc1ccccc1[C@@H](C)C(=O)NCCN1CCOCC1.Cl. The molecule has 1 aliphatic rings. The molecule has 5 heteroatoms. The molecule has 1 N–H and O–H groups in total. The lowest BCUT2D eigenvalue weighted by Crippen LogP contribution is -2.42. The van der Waals surface area contributed by atoms with Gasteiger partial charge in [-0.2, -0.15) is 0 Å². The van der Waals surface area contributed by atoms with E-state index in [1.165, 1.54) is 5.56 Å². The standard InChI is InChI=1S/C19H30N2O2.ClH/c1-15(2)14-17-6-4-5-7-18(17)16(3)19(22)20-8-9-21-10-12-23-13-11-21;/h4-7,15-16H,8-14H2,1-3H3,(H,20,22);1H/t16-;/m1./s1. The summed E-state index contributed by atoms with van der Waals surface area (Å²) < 4.78 is 5.34. The smallest absolute Gasteiger partial charge is 0.227 e. The lowest BCUT2D eigenvalue weighted by Gasteiger charge is -2.26. The molecule has 0 spiro atoms. The van der Waals surface area contributed by atoms with Gasteiger partial charge >= 0.3 is 0 Å². The van der Waals surface area contributed by atoms with Crippen LogP contribution in [0.15, 0.2) is 24.3 Å². The third-order valence-electron chi connectivity index (χ3n) is 4.37. The van der Waals surface area contributed by atoms with Gasteiger partial charge in [-0.05, 0) is 30.4 Å². The quantitative estimate of drug-likeness (QED) is 0.818. The first-order valence-corrected chi connectivity index (χ1v) is 8.73. The molecule has 136 valence electrons. The van der Waals surface area contributed by atoms with Crippen LogP contribution in [0, 0.1) is 5.92 Å². The van der Waals surface area contributed by atoms with E-state index in [-0.39, 0.29) is 24.2 Å². The van der Waals surface area contributed by atoms with Crippen LogP contribution in [0.4, 0.5) is 0 Å². The maximum atomic E-state index is 12.5. The maximum Gasteiger partial charge on any atom is 0.227 e. The zero-order chi connectivity index (χ0) is 16.7. The molecule has 24 heavy (non-hydrogen) atoms. The summed E-state index contributed by atoms with van der Waals surface area (Å²) in [6.07, 6.45) is 1.02. The van der Waals surface area contributed by atoms with Gasteiger partial charge < -0.3 is 10.1 Å². The second-order valence-electron chi connectivity index (χ2n) is 6.76. The third-order valence-corrected chi connectivity index (χ3v) is 4.37. The summed E-state index contributed by atoms with van der Waals surface area (Å²) in [5.41, 5.74) is 2.45. The predicted octanol–water partition coefficient (Wildman–Crippen LogP) is 2.86. The number of hydrogen-bond acceptors (Lipinski definition) is 3. The molecule has 1 atom stereocenters. The van der Waals surface area contributed by atoms with Gasteiger partial charge in [0.15, 0.2) is 0 Å². The molecular formula is C19H31ClN2O2. The molecule has 1 aromatic carbocycles. The van der Waals surface area contributed by atoms with E-state index in [2.05, 4.69) is 42.3 Å². The number of rotatable bonds is 7. The van der Waals surface area contributed by atoms with E-state index >= 15 is 0 Å². The van der Waals surface area contributed by atoms with E-state index in [1.807, 2.05) is 13.0 Å². The van der Waals surface area contributed by atoms with E-state index in [1.54, 1.807) is 0 Å². The predicted molar refractivity (Wildman–Crippen MR) is 101 cm³/mol. The number of nitrogens with one attached hydrogen (secondary N) is 1. The van der Waals surface area contributed by atoms with Gasteiger partial charge in [-0.15, -0.1) is 12.4 Å². The highest BCUT2D eigenvalue weighted by Crippen LogP contribution is 2.22. The van der Waals surface area contributed by atoms with Gasteiger partial charge in [0.05, 0.1) is 19.1 Å². The van der Waals surface area contributed by atoms with Crippen molar-refractivity contribution in [3.63, 3.8) is 0 Å². The topological polar surface area (TPSA) is 41.6 Å². The Labute approximate surface area is 152 Å². The normalized spacial score (nSPS) is 16.5. The van der Waals surface area contributed by atoms with Crippen molar-refractivity contribution in [1.29, 1.82) is 0 Å². The fourth-order valence-corrected chi connectivity index (χ4v) is 3.04. The highest BCUT2D eigenvalue weighted by atomic mass is 35.5. The molecule has 1 aromatic rings. The van der Waals surface area contributed by atoms with E-state index in [9.17, 15) is 4.79 Å². The number of halogens is 1. The molecule has 0 saturated carbocycles. The Morgan fingerprint density at radius 3 is 2.54 bits per heavy atom. The Morgan fingerprint density at radius 2 is 1.88 bits per heavy atom. The van der Waals surface area contributed by atoms with Gasteiger partial charge in [0, 0.05) is 26.2 Å². The molecule has 4 nitrogen and oxygen atoms in total. The van der Waals surface area contributed by atoms with Crippen LogP contribution in [-0.2, 0) is 16.0 Å². The summed E-state index contributed by atoms with van der Waals surface area (Å²) in [7, 11) is 0. The van der Waals surface area contributed by atoms with Crippen LogP contribution in [0.5, 0.6) is 0 Å². The van der Waals surface area contributed by atoms with Crippen molar-refractivity contribution in [3.05, 3.63) is 35.4 Å². The van der Waals surface area contributed by atoms with Crippen molar-refractivity contribution in [2.75, 3.05) is 39.4 Å². The van der Waals surface area contributed by atoms with Crippen molar-refractivity contribution in [2.45, 2.75) is 33.1 Å². The monoisotopic (exact) mass is 354 g/mol. The molecule has 0 radical (unpaired) electrons. The zero-order valence-corrected chi connectivity index (χ0v) is 15.9. The molecule has 0 aliphatic carbocycles. The number of morpholine rings is 1. The molecule has 2 rings (SSSR count). The molecule has 0 unspecified atom stereocenters. The van der Waals surface area contributed by atoms with Gasteiger partial charge in [0.2, 0.25) is 5.91 Å². The number of nitrogens with zero attached hydrogens (tertiary/aromatic N) is 1. The first-order chi connectivity index (χ1) is 11.1. The fourth-order valence-electron chi connectivity index (χ4n) is 3.04. The summed E-state index contributed by atoms with van der Waals surface area (Å²) in [5, 5.41) is 3.09. The van der Waals surface area contributed by atoms with Crippen LogP contribution in [0.2, 0.25) is 0 Å². The fraction of sp³-hybridized carbons (Fsp3) is 0.632. The molecule has 0 aromatic heterocycles. The van der Waals surface area contributed by atoms with Gasteiger partial charge in [0.1, 0.15) is 0 Å². The Bertz CT molecular complexity index is 502. The second-order valence-corrected chi connectivity index (χ2v) is 6.76. The number of carbonyl (C=O) groups is 1. The Morgan fingerprint density at radius 1 is 1.21 bits per heavy atom. The maximum absolute atomic E-state index is 12.5. The van der Waals surface area contributed by atoms with Crippen LogP contribution in [0.3, 0.4) is 0 Å². The number of amides is 1. The van der Waals surface area contributed by atoms with E-state index in [0.29, 0.717) is 12.5 Å². The highest BCUT2D eigenvalue weighted by Gasteiger charge is 2.18. The summed E-state index contributed by atoms with van der Waals surface area (Å²) in [5.74, 6) is 0.608. The van der Waals surface area contributed by atoms with Crippen LogP contribution in [0.25, 0.3) is 0 Å². The first-order valence-electron chi connectivity index (χ1n) is 8.73. The third kappa shape index (κ3) is 6.42. The number of ether oxygens (including phenoxy) is 1. The minimum absolute atomic E-state index is 0. The van der Waals surface area contributed by atoms with Gasteiger partial charge in [0.25, 0.3) is 0 Å². The van der Waals surface area contributed by atoms with Crippen LogP contribution in [-0.4, -0.2) is 50.2 Å². The highest BCUT2D eigenvalue weighted by molar-refractivity contribution is 5.85. The van der Waals surface area contributed by atoms with E-state index in [4.69, 9.17) is 4.74 Å². The van der Waals surface area contributed by atoms with Gasteiger partial charge in [-0.3, -0.25) is 9.69 Å². The van der Waals surface area contributed by atoms with Crippen LogP contribution >= 0.6 is 12.4 Å². The summed E-state index contributed by atoms with van der Waals surface area (Å²) in [4.78, 5) is 14.8. The molecule has 1 amide bonds. The second kappa shape index (κ2) is 10.7. The summed E-state index contributed by atoms with van der Waals surface area (Å²) >= 11 is 0. The minimum atomic E-state index is -0.102.